The topological polar surface area (TPSA) is 23.5 Å². The van der Waals surface area contributed by atoms with Gasteiger partial charge in [0.25, 0.3) is 0 Å². The highest BCUT2D eigenvalue weighted by Gasteiger charge is 2.13. The lowest BCUT2D eigenvalue weighted by Crippen LogP contribution is -2.33. The van der Waals surface area contributed by atoms with Crippen molar-refractivity contribution >= 4 is 0 Å². The van der Waals surface area contributed by atoms with Gasteiger partial charge in [0.05, 0.1) is 6.61 Å². The number of hydrogen-bond acceptors (Lipinski definition) is 2. The van der Waals surface area contributed by atoms with Crippen LogP contribution in [0.5, 0.6) is 0 Å². The zero-order chi connectivity index (χ0) is 9.68. The minimum Gasteiger partial charge on any atom is -0.392 e. The highest BCUT2D eigenvalue weighted by atomic mass is 16.2. The molecule has 1 fully saturated rings. The standard InChI is InChI=1S/C11H21NO/c1-10(2)9-12-6-3-11(4-7-12)5-8-13/h5,10,13H,3-4,6-9H2,1-2H3. The molecule has 2 nitrogen and oxygen atoms in total. The molecule has 0 amide bonds. The van der Waals surface area contributed by atoms with Crippen LogP contribution >= 0.6 is 0 Å². The highest BCUT2D eigenvalue weighted by Crippen LogP contribution is 2.16. The second-order valence-electron chi connectivity index (χ2n) is 4.24. The SMILES string of the molecule is CC(C)CN1CCC(=CCO)CC1. The summed E-state index contributed by atoms with van der Waals surface area (Å²) in [6, 6.07) is 0. The van der Waals surface area contributed by atoms with E-state index in [1.54, 1.807) is 0 Å². The average molecular weight is 183 g/mol. The second kappa shape index (κ2) is 5.40. The summed E-state index contributed by atoms with van der Waals surface area (Å²) in [5.74, 6) is 0.767. The van der Waals surface area contributed by atoms with Gasteiger partial charge in [0, 0.05) is 19.6 Å². The summed E-state index contributed by atoms with van der Waals surface area (Å²) in [5, 5.41) is 8.74. The molecule has 13 heavy (non-hydrogen) atoms. The number of hydrogen-bond donors (Lipinski definition) is 1. The smallest absolute Gasteiger partial charge is 0.0615 e. The van der Waals surface area contributed by atoms with Crippen molar-refractivity contribution in [3.63, 3.8) is 0 Å². The van der Waals surface area contributed by atoms with Gasteiger partial charge in [0.2, 0.25) is 0 Å². The van der Waals surface area contributed by atoms with Crippen LogP contribution < -0.4 is 0 Å². The van der Waals surface area contributed by atoms with Gasteiger partial charge < -0.3 is 10.0 Å². The number of rotatable bonds is 3. The predicted molar refractivity (Wildman–Crippen MR) is 55.7 cm³/mol. The maximum absolute atomic E-state index is 8.74. The Labute approximate surface area is 81.2 Å². The van der Waals surface area contributed by atoms with Crippen molar-refractivity contribution in [1.82, 2.24) is 4.90 Å². The Morgan fingerprint density at radius 2 is 2.00 bits per heavy atom. The Balaban J connectivity index is 2.26. The third-order valence-electron chi connectivity index (χ3n) is 2.50. The highest BCUT2D eigenvalue weighted by molar-refractivity contribution is 5.05. The first kappa shape index (κ1) is 10.7. The molecule has 2 heteroatoms. The van der Waals surface area contributed by atoms with E-state index in [9.17, 15) is 0 Å². The normalized spacial score (nSPS) is 19.5. The van der Waals surface area contributed by atoms with E-state index < -0.39 is 0 Å². The molecular weight excluding hydrogens is 162 g/mol. The fourth-order valence-corrected chi connectivity index (χ4v) is 1.87. The van der Waals surface area contributed by atoms with Crippen molar-refractivity contribution in [3.05, 3.63) is 11.6 Å². The zero-order valence-corrected chi connectivity index (χ0v) is 8.79. The van der Waals surface area contributed by atoms with E-state index in [1.807, 2.05) is 6.08 Å². The number of aliphatic hydroxyl groups is 1. The molecule has 0 aromatic heterocycles. The third-order valence-corrected chi connectivity index (χ3v) is 2.50. The van der Waals surface area contributed by atoms with E-state index in [2.05, 4.69) is 18.7 Å². The Morgan fingerprint density at radius 1 is 1.38 bits per heavy atom. The van der Waals surface area contributed by atoms with E-state index in [1.165, 1.54) is 25.2 Å². The molecule has 1 N–H and O–H groups in total. The van der Waals surface area contributed by atoms with E-state index in [0.29, 0.717) is 0 Å². The molecule has 0 radical (unpaired) electrons. The molecule has 1 saturated heterocycles. The van der Waals surface area contributed by atoms with Gasteiger partial charge in [-0.15, -0.1) is 0 Å². The van der Waals surface area contributed by atoms with Crippen LogP contribution in [-0.2, 0) is 0 Å². The number of piperidine rings is 1. The van der Waals surface area contributed by atoms with Gasteiger partial charge in [0.15, 0.2) is 0 Å². The maximum atomic E-state index is 8.74. The lowest BCUT2D eigenvalue weighted by atomic mass is 10.0. The first-order valence-corrected chi connectivity index (χ1v) is 5.23. The zero-order valence-electron chi connectivity index (χ0n) is 8.79. The Kier molecular flexibility index (Phi) is 4.46. The molecule has 1 heterocycles. The summed E-state index contributed by atoms with van der Waals surface area (Å²) in [4.78, 5) is 2.51. The Bertz CT molecular complexity index is 165. The fourth-order valence-electron chi connectivity index (χ4n) is 1.87. The van der Waals surface area contributed by atoms with Crippen LogP contribution in [-0.4, -0.2) is 36.2 Å². The van der Waals surface area contributed by atoms with Crippen molar-refractivity contribution in [1.29, 1.82) is 0 Å². The fraction of sp³-hybridized carbons (Fsp3) is 0.818. The van der Waals surface area contributed by atoms with Crippen LogP contribution in [0.3, 0.4) is 0 Å². The van der Waals surface area contributed by atoms with Crippen LogP contribution in [0, 0.1) is 5.92 Å². The van der Waals surface area contributed by atoms with Gasteiger partial charge >= 0.3 is 0 Å². The van der Waals surface area contributed by atoms with E-state index in [4.69, 9.17) is 5.11 Å². The molecule has 0 unspecified atom stereocenters. The summed E-state index contributed by atoms with van der Waals surface area (Å²) in [6.45, 7) is 8.29. The molecule has 1 rings (SSSR count). The van der Waals surface area contributed by atoms with E-state index in [-0.39, 0.29) is 6.61 Å². The molecule has 1 aliphatic rings. The van der Waals surface area contributed by atoms with Crippen molar-refractivity contribution < 1.29 is 5.11 Å². The van der Waals surface area contributed by atoms with Crippen molar-refractivity contribution in [2.75, 3.05) is 26.2 Å². The second-order valence-corrected chi connectivity index (χ2v) is 4.24. The molecule has 1 aliphatic heterocycles. The lowest BCUT2D eigenvalue weighted by molar-refractivity contribution is 0.228. The number of nitrogens with zero attached hydrogens (tertiary/aromatic N) is 1. The lowest BCUT2D eigenvalue weighted by Gasteiger charge is -2.29. The van der Waals surface area contributed by atoms with Crippen molar-refractivity contribution in [2.24, 2.45) is 5.92 Å². The van der Waals surface area contributed by atoms with Crippen LogP contribution in [0.1, 0.15) is 26.7 Å². The van der Waals surface area contributed by atoms with Gasteiger partial charge in [-0.25, -0.2) is 0 Å². The minimum absolute atomic E-state index is 0.208. The molecule has 0 atom stereocenters. The van der Waals surface area contributed by atoms with E-state index >= 15 is 0 Å². The van der Waals surface area contributed by atoms with Gasteiger partial charge in [-0.05, 0) is 18.8 Å². The molecular formula is C11H21NO. The first-order valence-electron chi connectivity index (χ1n) is 5.23. The molecule has 0 aromatic carbocycles. The molecule has 0 spiro atoms. The van der Waals surface area contributed by atoms with Crippen LogP contribution in [0.15, 0.2) is 11.6 Å². The average Bonchev–Trinajstić information content (AvgIpc) is 2.08. The van der Waals surface area contributed by atoms with E-state index in [0.717, 1.165) is 18.8 Å². The van der Waals surface area contributed by atoms with Crippen LogP contribution in [0.25, 0.3) is 0 Å². The largest absolute Gasteiger partial charge is 0.392 e. The van der Waals surface area contributed by atoms with Crippen LogP contribution in [0.4, 0.5) is 0 Å². The van der Waals surface area contributed by atoms with Gasteiger partial charge in [-0.1, -0.05) is 25.5 Å². The molecule has 0 aliphatic carbocycles. The quantitative estimate of drug-likeness (QED) is 0.673. The molecule has 0 aromatic rings. The van der Waals surface area contributed by atoms with Gasteiger partial charge in [-0.2, -0.15) is 0 Å². The van der Waals surface area contributed by atoms with Crippen LogP contribution in [0.2, 0.25) is 0 Å². The number of likely N-dealkylation sites (tertiary alicyclic amines) is 1. The van der Waals surface area contributed by atoms with Crippen molar-refractivity contribution in [2.45, 2.75) is 26.7 Å². The maximum Gasteiger partial charge on any atom is 0.0615 e. The number of aliphatic hydroxyl groups excluding tert-OH is 1. The minimum atomic E-state index is 0.208. The molecule has 76 valence electrons. The summed E-state index contributed by atoms with van der Waals surface area (Å²) < 4.78 is 0. The predicted octanol–water partition coefficient (Wildman–Crippen LogP) is 1.66. The van der Waals surface area contributed by atoms with Crippen molar-refractivity contribution in [3.8, 4) is 0 Å². The molecule has 0 saturated carbocycles. The summed E-state index contributed by atoms with van der Waals surface area (Å²) in [5.41, 5.74) is 1.43. The monoisotopic (exact) mass is 183 g/mol. The Morgan fingerprint density at radius 3 is 2.46 bits per heavy atom. The summed E-state index contributed by atoms with van der Waals surface area (Å²) >= 11 is 0. The third kappa shape index (κ3) is 3.92. The first-order chi connectivity index (χ1) is 6.22. The van der Waals surface area contributed by atoms with Gasteiger partial charge in [0.1, 0.15) is 0 Å². The van der Waals surface area contributed by atoms with Gasteiger partial charge in [-0.3, -0.25) is 0 Å². The summed E-state index contributed by atoms with van der Waals surface area (Å²) in [6.07, 6.45) is 4.26. The summed E-state index contributed by atoms with van der Waals surface area (Å²) in [7, 11) is 0. The molecule has 0 bridgehead atoms. The Hall–Kier alpha value is -0.340.